The van der Waals surface area contributed by atoms with Gasteiger partial charge in [-0.25, -0.2) is 17.8 Å². The van der Waals surface area contributed by atoms with Crippen LogP contribution in [0.15, 0.2) is 56.9 Å². The van der Waals surface area contributed by atoms with Crippen molar-refractivity contribution in [3.8, 4) is 5.69 Å². The van der Waals surface area contributed by atoms with E-state index in [1.54, 1.807) is 24.3 Å². The highest BCUT2D eigenvalue weighted by Gasteiger charge is 2.29. The van der Waals surface area contributed by atoms with E-state index in [0.29, 0.717) is 37.1 Å². The first-order valence-corrected chi connectivity index (χ1v) is 11.4. The van der Waals surface area contributed by atoms with E-state index in [2.05, 4.69) is 9.88 Å². The number of aromatic amines is 1. The highest BCUT2D eigenvalue weighted by Crippen LogP contribution is 2.25. The average molecular weight is 449 g/mol. The average Bonchev–Trinajstić information content (AvgIpc) is 2.75. The first kappa shape index (κ1) is 20.8. The molecule has 1 saturated heterocycles. The van der Waals surface area contributed by atoms with Crippen molar-refractivity contribution in [2.75, 3.05) is 32.7 Å². The number of benzene rings is 2. The Morgan fingerprint density at radius 2 is 1.73 bits per heavy atom. The van der Waals surface area contributed by atoms with Crippen molar-refractivity contribution in [2.45, 2.75) is 11.8 Å². The van der Waals surface area contributed by atoms with Crippen LogP contribution in [0.4, 0.5) is 0 Å². The van der Waals surface area contributed by atoms with E-state index in [1.165, 1.54) is 22.5 Å². The largest absolute Gasteiger partial charge is 0.333 e. The van der Waals surface area contributed by atoms with Gasteiger partial charge in [-0.2, -0.15) is 4.31 Å². The van der Waals surface area contributed by atoms with E-state index >= 15 is 0 Å². The first-order valence-electron chi connectivity index (χ1n) is 9.59. The van der Waals surface area contributed by atoms with Gasteiger partial charge in [-0.15, -0.1) is 0 Å². The number of H-pyrrole nitrogens is 1. The summed E-state index contributed by atoms with van der Waals surface area (Å²) in [7, 11) is -3.79. The molecule has 0 unspecified atom stereocenters. The topological polar surface area (TPSA) is 95.5 Å². The second-order valence-corrected chi connectivity index (χ2v) is 9.41. The lowest BCUT2D eigenvalue weighted by molar-refractivity contribution is 0.196. The summed E-state index contributed by atoms with van der Waals surface area (Å²) in [6.45, 7) is 4.97. The molecule has 4 rings (SSSR count). The van der Waals surface area contributed by atoms with Crippen LogP contribution >= 0.6 is 11.6 Å². The molecular formula is C20H21ClN4O4S. The van der Waals surface area contributed by atoms with Crippen LogP contribution in [-0.2, 0) is 10.0 Å². The predicted octanol–water partition coefficient (Wildman–Crippen LogP) is 1.66. The smallest absolute Gasteiger partial charge is 0.306 e. The Hall–Kier alpha value is -2.46. The van der Waals surface area contributed by atoms with Crippen molar-refractivity contribution in [3.63, 3.8) is 0 Å². The molecule has 0 aliphatic carbocycles. The number of likely N-dealkylation sites (N-methyl/N-ethyl adjacent to an activating group) is 1. The lowest BCUT2D eigenvalue weighted by atomic mass is 10.2. The minimum Gasteiger partial charge on any atom is -0.306 e. The molecule has 30 heavy (non-hydrogen) atoms. The van der Waals surface area contributed by atoms with E-state index in [4.69, 9.17) is 11.6 Å². The van der Waals surface area contributed by atoms with Crippen LogP contribution in [0.1, 0.15) is 6.92 Å². The van der Waals surface area contributed by atoms with Crippen LogP contribution in [0.5, 0.6) is 0 Å². The Kier molecular flexibility index (Phi) is 5.54. The standard InChI is InChI=1S/C20H21ClN4O4S/c1-2-23-9-11-24(12-10-23)30(28,29)14-7-8-16(21)18(13-14)25-19(26)15-5-3-4-6-17(15)22-20(25)27/h3-8,13H,2,9-12H2,1H3,(H,22,27). The number of sulfonamides is 1. The number of hydrogen-bond acceptors (Lipinski definition) is 5. The summed E-state index contributed by atoms with van der Waals surface area (Å²) in [6, 6.07) is 10.7. The van der Waals surface area contributed by atoms with Gasteiger partial charge >= 0.3 is 5.69 Å². The number of nitrogens with zero attached hydrogens (tertiary/aromatic N) is 3. The summed E-state index contributed by atoms with van der Waals surface area (Å²) in [5.41, 5.74) is -0.826. The van der Waals surface area contributed by atoms with Crippen molar-refractivity contribution in [1.29, 1.82) is 0 Å². The molecule has 0 spiro atoms. The molecule has 1 N–H and O–H groups in total. The second kappa shape index (κ2) is 7.99. The first-order chi connectivity index (χ1) is 14.3. The highest BCUT2D eigenvalue weighted by molar-refractivity contribution is 7.89. The van der Waals surface area contributed by atoms with Gasteiger partial charge in [0.15, 0.2) is 0 Å². The van der Waals surface area contributed by atoms with Crippen molar-refractivity contribution in [1.82, 2.24) is 18.8 Å². The molecule has 2 heterocycles. The monoisotopic (exact) mass is 448 g/mol. The normalized spacial score (nSPS) is 16.2. The number of halogens is 1. The van der Waals surface area contributed by atoms with Gasteiger partial charge in [0.25, 0.3) is 5.56 Å². The molecule has 10 heteroatoms. The molecular weight excluding hydrogens is 428 g/mol. The molecule has 1 fully saturated rings. The molecule has 0 saturated carbocycles. The van der Waals surface area contributed by atoms with Gasteiger partial charge in [-0.05, 0) is 36.9 Å². The van der Waals surface area contributed by atoms with Crippen molar-refractivity contribution in [2.24, 2.45) is 0 Å². The third-order valence-corrected chi connectivity index (χ3v) is 7.59. The Morgan fingerprint density at radius 1 is 1.03 bits per heavy atom. The van der Waals surface area contributed by atoms with Crippen molar-refractivity contribution >= 4 is 32.5 Å². The molecule has 1 aromatic heterocycles. The zero-order chi connectivity index (χ0) is 21.5. The number of piperazine rings is 1. The Morgan fingerprint density at radius 3 is 2.43 bits per heavy atom. The van der Waals surface area contributed by atoms with Gasteiger partial charge in [0.1, 0.15) is 0 Å². The quantitative estimate of drug-likeness (QED) is 0.655. The summed E-state index contributed by atoms with van der Waals surface area (Å²) in [5.74, 6) is 0. The van der Waals surface area contributed by atoms with Crippen LogP contribution in [0.2, 0.25) is 5.02 Å². The number of para-hydroxylation sites is 1. The summed E-state index contributed by atoms with van der Waals surface area (Å²) in [6.07, 6.45) is 0. The number of rotatable bonds is 4. The Bertz CT molecular complexity index is 1320. The minimum absolute atomic E-state index is 0.00805. The number of hydrogen-bond donors (Lipinski definition) is 1. The maximum absolute atomic E-state index is 13.2. The molecule has 0 bridgehead atoms. The Labute approximate surface area is 178 Å². The van der Waals surface area contributed by atoms with Gasteiger partial charge in [0, 0.05) is 26.2 Å². The van der Waals surface area contributed by atoms with Crippen LogP contribution in [0.3, 0.4) is 0 Å². The van der Waals surface area contributed by atoms with Crippen LogP contribution in [0.25, 0.3) is 16.6 Å². The minimum atomic E-state index is -3.79. The summed E-state index contributed by atoms with van der Waals surface area (Å²) < 4.78 is 28.6. The van der Waals surface area contributed by atoms with Gasteiger partial charge in [-0.3, -0.25) is 4.79 Å². The lowest BCUT2D eigenvalue weighted by Crippen LogP contribution is -2.48. The van der Waals surface area contributed by atoms with Crippen LogP contribution in [-0.4, -0.2) is 59.9 Å². The zero-order valence-corrected chi connectivity index (χ0v) is 17.9. The molecule has 0 amide bonds. The van der Waals surface area contributed by atoms with Gasteiger partial charge in [0.2, 0.25) is 10.0 Å². The van der Waals surface area contributed by atoms with Gasteiger partial charge < -0.3 is 9.88 Å². The van der Waals surface area contributed by atoms with E-state index in [0.717, 1.165) is 11.1 Å². The summed E-state index contributed by atoms with van der Waals surface area (Å²) >= 11 is 6.27. The fourth-order valence-electron chi connectivity index (χ4n) is 3.64. The maximum Gasteiger partial charge on any atom is 0.333 e. The predicted molar refractivity (Wildman–Crippen MR) is 116 cm³/mol. The number of fused-ring (bicyclic) bond motifs is 1. The van der Waals surface area contributed by atoms with Gasteiger partial charge in [0.05, 0.1) is 26.5 Å². The molecule has 2 aromatic carbocycles. The maximum atomic E-state index is 13.2. The van der Waals surface area contributed by atoms with E-state index < -0.39 is 21.3 Å². The summed E-state index contributed by atoms with van der Waals surface area (Å²) in [5, 5.41) is 0.407. The fraction of sp³-hybridized carbons (Fsp3) is 0.300. The molecule has 0 radical (unpaired) electrons. The zero-order valence-electron chi connectivity index (χ0n) is 16.3. The van der Waals surface area contributed by atoms with E-state index in [-0.39, 0.29) is 15.6 Å². The number of nitrogens with one attached hydrogen (secondary N) is 1. The molecule has 158 valence electrons. The second-order valence-electron chi connectivity index (χ2n) is 7.07. The molecule has 1 aliphatic rings. The molecule has 3 aromatic rings. The van der Waals surface area contributed by atoms with Crippen LogP contribution < -0.4 is 11.2 Å². The van der Waals surface area contributed by atoms with Crippen molar-refractivity contribution in [3.05, 3.63) is 68.3 Å². The third kappa shape index (κ3) is 3.58. The van der Waals surface area contributed by atoms with Gasteiger partial charge in [-0.1, -0.05) is 30.7 Å². The molecule has 1 aliphatic heterocycles. The number of aromatic nitrogens is 2. The third-order valence-electron chi connectivity index (χ3n) is 5.38. The van der Waals surface area contributed by atoms with Crippen LogP contribution in [0, 0.1) is 0 Å². The SMILES string of the molecule is CCN1CCN(S(=O)(=O)c2ccc(Cl)c(-n3c(=O)[nH]c4ccccc4c3=O)c2)CC1. The lowest BCUT2D eigenvalue weighted by Gasteiger charge is -2.33. The Balaban J connectivity index is 1.81. The molecule has 0 atom stereocenters. The van der Waals surface area contributed by atoms with Crippen molar-refractivity contribution < 1.29 is 8.42 Å². The summed E-state index contributed by atoms with van der Waals surface area (Å²) in [4.78, 5) is 30.4. The highest BCUT2D eigenvalue weighted by atomic mass is 35.5. The fourth-order valence-corrected chi connectivity index (χ4v) is 5.29. The van der Waals surface area contributed by atoms with E-state index in [1.807, 2.05) is 6.92 Å². The van der Waals surface area contributed by atoms with E-state index in [9.17, 15) is 18.0 Å². The molecule has 8 nitrogen and oxygen atoms in total.